The number of rotatable bonds is 8. The van der Waals surface area contributed by atoms with Gasteiger partial charge in [0, 0.05) is 17.3 Å². The van der Waals surface area contributed by atoms with E-state index in [9.17, 15) is 24.6 Å². The van der Waals surface area contributed by atoms with Gasteiger partial charge in [0.15, 0.2) is 22.8 Å². The highest BCUT2D eigenvalue weighted by atomic mass is 32.1. The zero-order chi connectivity index (χ0) is 23.1. The first-order valence-electron chi connectivity index (χ1n) is 9.26. The first-order valence-corrected chi connectivity index (χ1v) is 10.1. The molecule has 12 nitrogen and oxygen atoms in total. The Bertz CT molecular complexity index is 984. The van der Waals surface area contributed by atoms with Gasteiger partial charge < -0.3 is 30.8 Å². The van der Waals surface area contributed by atoms with Crippen molar-refractivity contribution in [3.63, 3.8) is 0 Å². The third kappa shape index (κ3) is 3.93. The Balaban J connectivity index is 1.80. The molecule has 5 N–H and O–H groups in total. The van der Waals surface area contributed by atoms with Crippen molar-refractivity contribution in [2.75, 3.05) is 19.4 Å². The van der Waals surface area contributed by atoms with Gasteiger partial charge in [-0.25, -0.2) is 9.78 Å². The lowest BCUT2D eigenvalue weighted by atomic mass is 9.88. The molecule has 0 saturated carbocycles. The highest BCUT2D eigenvalue weighted by Crippen LogP contribution is 2.46. The van der Waals surface area contributed by atoms with Crippen LogP contribution in [0.25, 0.3) is 0 Å². The van der Waals surface area contributed by atoms with Gasteiger partial charge in [-0.15, -0.1) is 11.3 Å². The van der Waals surface area contributed by atoms with Gasteiger partial charge in [-0.3, -0.25) is 14.5 Å². The fourth-order valence-electron chi connectivity index (χ4n) is 3.42. The third-order valence-electron chi connectivity index (χ3n) is 4.97. The summed E-state index contributed by atoms with van der Waals surface area (Å²) in [6, 6.07) is 0. The number of ether oxygens (including phenoxy) is 1. The van der Waals surface area contributed by atoms with Crippen molar-refractivity contribution in [3.8, 4) is 0 Å². The van der Waals surface area contributed by atoms with Crippen LogP contribution in [-0.2, 0) is 24.0 Å². The molecule has 3 heterocycles. The maximum atomic E-state index is 12.7. The number of β-lactam (4-membered cyclic amide) rings is 1. The molecule has 168 valence electrons. The number of aliphatic hydroxyl groups excluding tert-OH is 1. The number of carboxylic acids is 1. The Morgan fingerprint density at radius 2 is 2.19 bits per heavy atom. The van der Waals surface area contributed by atoms with Crippen LogP contribution in [0, 0.1) is 11.3 Å². The lowest BCUT2D eigenvalue weighted by Crippen LogP contribution is -2.62. The van der Waals surface area contributed by atoms with Crippen molar-refractivity contribution in [1.82, 2.24) is 15.2 Å². The first-order chi connectivity index (χ1) is 14.5. The minimum Gasteiger partial charge on any atom is -0.476 e. The van der Waals surface area contributed by atoms with Crippen molar-refractivity contribution in [2.24, 2.45) is 16.5 Å². The lowest BCUT2D eigenvalue weighted by Gasteiger charge is -2.42. The van der Waals surface area contributed by atoms with Gasteiger partial charge in [-0.2, -0.15) is 0 Å². The second-order valence-corrected chi connectivity index (χ2v) is 8.62. The van der Waals surface area contributed by atoms with Gasteiger partial charge in [-0.05, 0) is 6.92 Å². The molecule has 2 aliphatic heterocycles. The normalized spacial score (nSPS) is 21.9. The third-order valence-corrected chi connectivity index (χ3v) is 5.64. The number of hydrogen-bond acceptors (Lipinski definition) is 10. The summed E-state index contributed by atoms with van der Waals surface area (Å²) in [6.07, 6.45) is -1.89. The molecule has 1 aromatic heterocycles. The van der Waals surface area contributed by atoms with Crippen molar-refractivity contribution in [3.05, 3.63) is 22.5 Å². The molecule has 0 aliphatic carbocycles. The van der Waals surface area contributed by atoms with Crippen LogP contribution in [0.1, 0.15) is 26.5 Å². The number of nitrogens with two attached hydrogens (primary N) is 1. The van der Waals surface area contributed by atoms with E-state index in [0.717, 1.165) is 16.2 Å². The molecular weight excluding hydrogens is 430 g/mol. The van der Waals surface area contributed by atoms with Crippen LogP contribution < -0.4 is 11.1 Å². The Kier molecular flexibility index (Phi) is 5.91. The number of oxime groups is 1. The van der Waals surface area contributed by atoms with E-state index >= 15 is 0 Å². The number of aromatic nitrogens is 1. The number of aliphatic carboxylic acids is 1. The second-order valence-electron chi connectivity index (χ2n) is 7.73. The highest BCUT2D eigenvalue weighted by molar-refractivity contribution is 7.13. The predicted molar refractivity (Wildman–Crippen MR) is 108 cm³/mol. The van der Waals surface area contributed by atoms with Gasteiger partial charge in [0.25, 0.3) is 5.91 Å². The first kappa shape index (κ1) is 22.5. The SMILES string of the molecule is CO/N=C(/C(=O)NCC(C)(C)C1=C(C(=O)O)N2C(=O)[C@H]([C@@H](C)O)[C@H]2O1)c1csc(N)n1. The van der Waals surface area contributed by atoms with Gasteiger partial charge in [0.2, 0.25) is 5.91 Å². The van der Waals surface area contributed by atoms with Gasteiger partial charge in [0.05, 0.1) is 6.10 Å². The number of carbonyl (C=O) groups excluding carboxylic acids is 2. The zero-order valence-corrected chi connectivity index (χ0v) is 18.1. The molecule has 13 heteroatoms. The molecule has 3 rings (SSSR count). The molecule has 2 aliphatic rings. The van der Waals surface area contributed by atoms with Crippen LogP contribution in [0.2, 0.25) is 0 Å². The average Bonchev–Trinajstić information content (AvgIpc) is 3.25. The number of amides is 2. The molecule has 0 spiro atoms. The number of nitrogens with one attached hydrogen (secondary N) is 1. The Hall–Kier alpha value is -3.19. The van der Waals surface area contributed by atoms with Crippen LogP contribution >= 0.6 is 11.3 Å². The van der Waals surface area contributed by atoms with E-state index in [0.29, 0.717) is 0 Å². The number of fused-ring (bicyclic) bond motifs is 1. The van der Waals surface area contributed by atoms with Crippen LogP contribution in [0.4, 0.5) is 5.13 Å². The van der Waals surface area contributed by atoms with Crippen molar-refractivity contribution < 1.29 is 34.2 Å². The fourth-order valence-corrected chi connectivity index (χ4v) is 3.97. The summed E-state index contributed by atoms with van der Waals surface area (Å²) in [7, 11) is 1.28. The number of nitrogens with zero attached hydrogens (tertiary/aromatic N) is 3. The lowest BCUT2D eigenvalue weighted by molar-refractivity contribution is -0.183. The van der Waals surface area contributed by atoms with Crippen LogP contribution in [0.15, 0.2) is 22.0 Å². The Morgan fingerprint density at radius 1 is 1.52 bits per heavy atom. The van der Waals surface area contributed by atoms with Gasteiger partial charge in [0.1, 0.15) is 24.5 Å². The topological polar surface area (TPSA) is 177 Å². The van der Waals surface area contributed by atoms with E-state index in [-0.39, 0.29) is 34.5 Å². The van der Waals surface area contributed by atoms with E-state index in [1.54, 1.807) is 19.2 Å². The summed E-state index contributed by atoms with van der Waals surface area (Å²) in [5.41, 5.74) is 4.43. The quantitative estimate of drug-likeness (QED) is 0.234. The number of thiazole rings is 1. The molecule has 31 heavy (non-hydrogen) atoms. The molecule has 0 aromatic carbocycles. The summed E-state index contributed by atoms with van der Waals surface area (Å²) in [6.45, 7) is 4.71. The maximum absolute atomic E-state index is 12.7. The van der Waals surface area contributed by atoms with Gasteiger partial charge in [-0.1, -0.05) is 19.0 Å². The minimum atomic E-state index is -1.34. The van der Waals surface area contributed by atoms with E-state index in [1.807, 2.05) is 0 Å². The summed E-state index contributed by atoms with van der Waals surface area (Å²) < 4.78 is 5.78. The van der Waals surface area contributed by atoms with E-state index in [2.05, 4.69) is 15.5 Å². The van der Waals surface area contributed by atoms with Crippen molar-refractivity contribution in [2.45, 2.75) is 33.1 Å². The van der Waals surface area contributed by atoms with Gasteiger partial charge >= 0.3 is 5.97 Å². The standard InChI is InChI=1S/C18H23N5O7S/c1-7(24)9-14(26)23-11(16(27)28)12(30-15(9)23)18(2,3)6-20-13(25)10(22-29-4)8-5-31-17(19)21-8/h5,7,9,15,24H,6H2,1-4H3,(H2,19,21)(H,20,25)(H,27,28)/b22-10+/t7-,9+,15-/m1/s1. The Labute approximate surface area is 181 Å². The number of carbonyl (C=O) groups is 3. The summed E-state index contributed by atoms with van der Waals surface area (Å²) in [4.78, 5) is 46.6. The van der Waals surface area contributed by atoms with Crippen LogP contribution in [-0.4, -0.2) is 69.6 Å². The number of anilines is 1. The van der Waals surface area contributed by atoms with Crippen LogP contribution in [0.5, 0.6) is 0 Å². The van der Waals surface area contributed by atoms with E-state index in [4.69, 9.17) is 15.3 Å². The highest BCUT2D eigenvalue weighted by Gasteiger charge is 2.60. The molecule has 3 atom stereocenters. The van der Waals surface area contributed by atoms with E-state index < -0.39 is 41.4 Å². The molecule has 0 bridgehead atoms. The summed E-state index contributed by atoms with van der Waals surface area (Å²) in [5.74, 6) is -3.30. The second kappa shape index (κ2) is 8.15. The zero-order valence-electron chi connectivity index (χ0n) is 17.3. The smallest absolute Gasteiger partial charge is 0.356 e. The molecule has 1 saturated heterocycles. The molecule has 0 radical (unpaired) electrons. The molecule has 0 unspecified atom stereocenters. The summed E-state index contributed by atoms with van der Waals surface area (Å²) >= 11 is 1.13. The largest absolute Gasteiger partial charge is 0.476 e. The van der Waals surface area contributed by atoms with Crippen LogP contribution in [0.3, 0.4) is 0 Å². The minimum absolute atomic E-state index is 0.0323. The number of hydrogen-bond donors (Lipinski definition) is 4. The monoisotopic (exact) mass is 453 g/mol. The molecule has 1 fully saturated rings. The van der Waals surface area contributed by atoms with E-state index in [1.165, 1.54) is 14.0 Å². The molecule has 2 amide bonds. The van der Waals surface area contributed by atoms with Crippen molar-refractivity contribution in [1.29, 1.82) is 0 Å². The molecule has 1 aromatic rings. The van der Waals surface area contributed by atoms with Crippen molar-refractivity contribution >= 4 is 40.0 Å². The number of nitrogen functional groups attached to an aromatic ring is 1. The number of aliphatic hydroxyl groups is 1. The Morgan fingerprint density at radius 3 is 2.71 bits per heavy atom. The fraction of sp³-hybridized carbons (Fsp3) is 0.500. The molecular formula is C18H23N5O7S. The average molecular weight is 453 g/mol. The summed E-state index contributed by atoms with van der Waals surface area (Å²) in [5, 5.41) is 27.6. The predicted octanol–water partition coefficient (Wildman–Crippen LogP) is -0.290. The number of carboxylic acid groups (broad SMARTS) is 1. The maximum Gasteiger partial charge on any atom is 0.356 e.